The summed E-state index contributed by atoms with van der Waals surface area (Å²) in [6.45, 7) is 9.29. The summed E-state index contributed by atoms with van der Waals surface area (Å²) in [7, 11) is 0. The number of nitrogens with one attached hydrogen (secondary N) is 2. The summed E-state index contributed by atoms with van der Waals surface area (Å²) in [4.78, 5) is 36.4. The van der Waals surface area contributed by atoms with Gasteiger partial charge in [-0.3, -0.25) is 10.1 Å². The Labute approximate surface area is 183 Å². The van der Waals surface area contributed by atoms with Gasteiger partial charge in [0.05, 0.1) is 5.56 Å². The van der Waals surface area contributed by atoms with Gasteiger partial charge in [0.25, 0.3) is 5.91 Å². The van der Waals surface area contributed by atoms with Gasteiger partial charge in [-0.1, -0.05) is 37.3 Å². The zero-order chi connectivity index (χ0) is 23.0. The molecule has 166 valence electrons. The molecule has 0 saturated carbocycles. The van der Waals surface area contributed by atoms with Crippen LogP contribution in [0.5, 0.6) is 0 Å². The number of carbonyl (C=O) groups excluding carboxylic acids is 3. The number of rotatable bonds is 7. The first-order chi connectivity index (χ1) is 14.5. The zero-order valence-electron chi connectivity index (χ0n) is 18.6. The molecule has 0 heterocycles. The normalized spacial score (nSPS) is 12.9. The highest BCUT2D eigenvalue weighted by atomic mass is 16.6. The summed E-state index contributed by atoms with van der Waals surface area (Å²) in [5.41, 5.74) is 1.26. The molecule has 0 saturated heterocycles. The first-order valence-corrected chi connectivity index (χ1v) is 10.2. The molecule has 7 nitrogen and oxygen atoms in total. The molecule has 0 fully saturated rings. The van der Waals surface area contributed by atoms with Crippen molar-refractivity contribution in [3.05, 3.63) is 65.7 Å². The minimum atomic E-state index is -0.935. The average Bonchev–Trinajstić information content (AvgIpc) is 2.71. The molecule has 0 aliphatic carbocycles. The summed E-state index contributed by atoms with van der Waals surface area (Å²) in [6, 6.07) is 16.0. The predicted octanol–water partition coefficient (Wildman–Crippen LogP) is 4.50. The molecule has 2 aromatic carbocycles. The second-order valence-electron chi connectivity index (χ2n) is 8.31. The molecule has 0 aliphatic heterocycles. The topological polar surface area (TPSA) is 93.7 Å². The minimum Gasteiger partial charge on any atom is -0.449 e. The third kappa shape index (κ3) is 8.12. The van der Waals surface area contributed by atoms with Gasteiger partial charge in [-0.2, -0.15) is 0 Å². The molecule has 2 rings (SSSR count). The van der Waals surface area contributed by atoms with Crippen molar-refractivity contribution in [2.24, 2.45) is 0 Å². The Hall–Kier alpha value is -3.35. The third-order valence-electron chi connectivity index (χ3n) is 4.37. The van der Waals surface area contributed by atoms with Crippen LogP contribution >= 0.6 is 0 Å². The molecule has 2 N–H and O–H groups in total. The van der Waals surface area contributed by atoms with Gasteiger partial charge in [0.1, 0.15) is 5.60 Å². The molecule has 2 aromatic rings. The lowest BCUT2D eigenvalue weighted by atomic mass is 10.0. The number of amides is 2. The molecule has 0 bridgehead atoms. The third-order valence-corrected chi connectivity index (χ3v) is 4.37. The number of anilines is 1. The zero-order valence-corrected chi connectivity index (χ0v) is 18.6. The van der Waals surface area contributed by atoms with E-state index in [4.69, 9.17) is 9.47 Å². The van der Waals surface area contributed by atoms with E-state index < -0.39 is 23.8 Å². The fourth-order valence-electron chi connectivity index (χ4n) is 2.69. The fraction of sp³-hybridized carbons (Fsp3) is 0.375. The van der Waals surface area contributed by atoms with Gasteiger partial charge < -0.3 is 14.8 Å². The molecule has 2 atom stereocenters. The van der Waals surface area contributed by atoms with Gasteiger partial charge in [-0.25, -0.2) is 9.59 Å². The monoisotopic (exact) mass is 426 g/mol. The van der Waals surface area contributed by atoms with Crippen LogP contribution in [0.4, 0.5) is 10.5 Å². The minimum absolute atomic E-state index is 0.137. The van der Waals surface area contributed by atoms with Gasteiger partial charge in [0, 0.05) is 12.2 Å². The van der Waals surface area contributed by atoms with Crippen LogP contribution in [-0.4, -0.2) is 36.2 Å². The maximum Gasteiger partial charge on any atom is 0.412 e. The number of esters is 1. The summed E-state index contributed by atoms with van der Waals surface area (Å²) >= 11 is 0. The highest BCUT2D eigenvalue weighted by Crippen LogP contribution is 2.15. The number of ether oxygens (including phenoxy) is 2. The lowest BCUT2D eigenvalue weighted by Gasteiger charge is -2.19. The van der Waals surface area contributed by atoms with Gasteiger partial charge >= 0.3 is 12.1 Å². The highest BCUT2D eigenvalue weighted by Gasteiger charge is 2.20. The van der Waals surface area contributed by atoms with E-state index in [1.54, 1.807) is 32.9 Å². The van der Waals surface area contributed by atoms with Crippen molar-refractivity contribution in [3.8, 4) is 0 Å². The van der Waals surface area contributed by atoms with Crippen LogP contribution in [0.3, 0.4) is 0 Å². The van der Waals surface area contributed by atoms with E-state index in [1.165, 1.54) is 19.1 Å². The van der Waals surface area contributed by atoms with Crippen LogP contribution in [0, 0.1) is 0 Å². The molecule has 0 spiro atoms. The molecule has 0 unspecified atom stereocenters. The number of carbonyl (C=O) groups is 3. The standard InChI is InChI=1S/C24H30N2O5/c1-16(18-9-7-6-8-10-18)15-25-21(27)17(2)30-22(28)19-11-13-20(14-12-19)26-23(29)31-24(3,4)5/h6-14,16-17H,15H2,1-5H3,(H,25,27)(H,26,29)/t16-,17-/m1/s1. The van der Waals surface area contributed by atoms with Crippen molar-refractivity contribution >= 4 is 23.7 Å². The Morgan fingerprint density at radius 1 is 0.935 bits per heavy atom. The second-order valence-corrected chi connectivity index (χ2v) is 8.31. The van der Waals surface area contributed by atoms with Gasteiger partial charge in [0.2, 0.25) is 0 Å². The van der Waals surface area contributed by atoms with E-state index in [0.717, 1.165) is 5.56 Å². The van der Waals surface area contributed by atoms with E-state index in [2.05, 4.69) is 10.6 Å². The Kier molecular flexibility index (Phi) is 8.19. The summed E-state index contributed by atoms with van der Waals surface area (Å²) in [5.74, 6) is -0.847. The molecular weight excluding hydrogens is 396 g/mol. The maximum absolute atomic E-state index is 12.3. The lowest BCUT2D eigenvalue weighted by Crippen LogP contribution is -2.37. The first-order valence-electron chi connectivity index (χ1n) is 10.2. The maximum atomic E-state index is 12.3. The molecule has 2 amide bonds. The van der Waals surface area contributed by atoms with E-state index >= 15 is 0 Å². The van der Waals surface area contributed by atoms with Gasteiger partial charge in [-0.05, 0) is 63.4 Å². The molecular formula is C24H30N2O5. The van der Waals surface area contributed by atoms with Crippen molar-refractivity contribution in [2.45, 2.75) is 52.2 Å². The van der Waals surface area contributed by atoms with Crippen molar-refractivity contribution in [3.63, 3.8) is 0 Å². The number of hydrogen-bond acceptors (Lipinski definition) is 5. The molecule has 0 aromatic heterocycles. The van der Waals surface area contributed by atoms with Crippen molar-refractivity contribution in [2.75, 3.05) is 11.9 Å². The van der Waals surface area contributed by atoms with Crippen molar-refractivity contribution < 1.29 is 23.9 Å². The van der Waals surface area contributed by atoms with E-state index in [9.17, 15) is 14.4 Å². The molecule has 0 radical (unpaired) electrons. The Balaban J connectivity index is 1.83. The lowest BCUT2D eigenvalue weighted by molar-refractivity contribution is -0.129. The van der Waals surface area contributed by atoms with Crippen LogP contribution in [0.2, 0.25) is 0 Å². The van der Waals surface area contributed by atoms with Gasteiger partial charge in [-0.15, -0.1) is 0 Å². The van der Waals surface area contributed by atoms with Crippen LogP contribution in [0.15, 0.2) is 54.6 Å². The van der Waals surface area contributed by atoms with Crippen LogP contribution in [0.25, 0.3) is 0 Å². The summed E-state index contributed by atoms with van der Waals surface area (Å²) in [5, 5.41) is 5.40. The number of hydrogen-bond donors (Lipinski definition) is 2. The van der Waals surface area contributed by atoms with Crippen molar-refractivity contribution in [1.29, 1.82) is 0 Å². The summed E-state index contributed by atoms with van der Waals surface area (Å²) < 4.78 is 10.4. The largest absolute Gasteiger partial charge is 0.449 e. The predicted molar refractivity (Wildman–Crippen MR) is 119 cm³/mol. The smallest absolute Gasteiger partial charge is 0.412 e. The quantitative estimate of drug-likeness (QED) is 0.636. The molecule has 31 heavy (non-hydrogen) atoms. The molecule has 0 aliphatic rings. The van der Waals surface area contributed by atoms with Crippen LogP contribution < -0.4 is 10.6 Å². The SMILES string of the molecule is C[C@H](CNC(=O)[C@@H](C)OC(=O)c1ccc(NC(=O)OC(C)(C)C)cc1)c1ccccc1. The van der Waals surface area contributed by atoms with Gasteiger partial charge in [0.15, 0.2) is 6.10 Å². The number of benzene rings is 2. The molecule has 7 heteroatoms. The van der Waals surface area contributed by atoms with Crippen LogP contribution in [-0.2, 0) is 14.3 Å². The second kappa shape index (κ2) is 10.6. The fourth-order valence-corrected chi connectivity index (χ4v) is 2.69. The Morgan fingerprint density at radius 2 is 1.55 bits per heavy atom. The van der Waals surface area contributed by atoms with E-state index in [1.807, 2.05) is 37.3 Å². The Morgan fingerprint density at radius 3 is 2.13 bits per heavy atom. The average molecular weight is 427 g/mol. The first kappa shape index (κ1) is 23.9. The van der Waals surface area contributed by atoms with Crippen molar-refractivity contribution in [1.82, 2.24) is 5.32 Å². The van der Waals surface area contributed by atoms with Crippen LogP contribution in [0.1, 0.15) is 56.5 Å². The van der Waals surface area contributed by atoms with E-state index in [0.29, 0.717) is 12.2 Å². The highest BCUT2D eigenvalue weighted by molar-refractivity contribution is 5.93. The Bertz CT molecular complexity index is 888. The summed E-state index contributed by atoms with van der Waals surface area (Å²) in [6.07, 6.45) is -1.52. The van der Waals surface area contributed by atoms with E-state index in [-0.39, 0.29) is 17.4 Å².